The van der Waals surface area contributed by atoms with Gasteiger partial charge in [0.25, 0.3) is 0 Å². The van der Waals surface area contributed by atoms with Gasteiger partial charge in [-0.05, 0) is 32.4 Å². The minimum Gasteiger partial charge on any atom is -0.327 e. The van der Waals surface area contributed by atoms with Crippen molar-refractivity contribution < 1.29 is 0 Å². The summed E-state index contributed by atoms with van der Waals surface area (Å²) in [6.07, 6.45) is 5.19. The van der Waals surface area contributed by atoms with E-state index in [-0.39, 0.29) is 5.41 Å². The van der Waals surface area contributed by atoms with Crippen molar-refractivity contribution >= 4 is 0 Å². The van der Waals surface area contributed by atoms with E-state index in [1.54, 1.807) is 0 Å². The Morgan fingerprint density at radius 2 is 2.05 bits per heavy atom. The number of nitrogens with one attached hydrogen (secondary N) is 1. The van der Waals surface area contributed by atoms with Crippen LogP contribution in [0, 0.1) is 6.92 Å². The molecule has 1 aliphatic heterocycles. The fourth-order valence-corrected chi connectivity index (χ4v) is 3.12. The third kappa shape index (κ3) is 2.27. The largest absolute Gasteiger partial charge is 0.327 e. The van der Waals surface area contributed by atoms with E-state index in [1.165, 1.54) is 23.2 Å². The summed E-state index contributed by atoms with van der Waals surface area (Å²) >= 11 is 0. The molecule has 3 rings (SSSR count). The third-order valence-corrected chi connectivity index (χ3v) is 4.63. The number of benzene rings is 1. The Morgan fingerprint density at radius 1 is 1.30 bits per heavy atom. The molecule has 1 aromatic heterocycles. The molecule has 2 atom stereocenters. The SMILES string of the molecule is Cc1ccc(C(C)n2cncc2C2(C)CCNC2)cc1. The lowest BCUT2D eigenvalue weighted by molar-refractivity contribution is 0.460. The molecule has 2 aromatic rings. The number of aryl methyl sites for hydroxylation is 1. The summed E-state index contributed by atoms with van der Waals surface area (Å²) in [5.41, 5.74) is 4.19. The smallest absolute Gasteiger partial charge is 0.0954 e. The Balaban J connectivity index is 1.94. The zero-order valence-corrected chi connectivity index (χ0v) is 12.6. The molecule has 0 spiro atoms. The van der Waals surface area contributed by atoms with Crippen LogP contribution in [0.2, 0.25) is 0 Å². The van der Waals surface area contributed by atoms with Gasteiger partial charge >= 0.3 is 0 Å². The lowest BCUT2D eigenvalue weighted by atomic mass is 9.86. The molecule has 0 saturated carbocycles. The molecule has 106 valence electrons. The van der Waals surface area contributed by atoms with Gasteiger partial charge in [-0.1, -0.05) is 36.8 Å². The van der Waals surface area contributed by atoms with Crippen molar-refractivity contribution in [2.45, 2.75) is 38.6 Å². The Kier molecular flexibility index (Phi) is 3.38. The monoisotopic (exact) mass is 269 g/mol. The second-order valence-electron chi connectivity index (χ2n) is 6.26. The quantitative estimate of drug-likeness (QED) is 0.928. The number of aromatic nitrogens is 2. The maximum absolute atomic E-state index is 4.41. The van der Waals surface area contributed by atoms with Gasteiger partial charge in [0.15, 0.2) is 0 Å². The molecular weight excluding hydrogens is 246 g/mol. The molecule has 1 saturated heterocycles. The average molecular weight is 269 g/mol. The van der Waals surface area contributed by atoms with Gasteiger partial charge < -0.3 is 9.88 Å². The first-order valence-electron chi connectivity index (χ1n) is 7.40. The normalized spacial score (nSPS) is 23.9. The van der Waals surface area contributed by atoms with Crippen LogP contribution in [0.4, 0.5) is 0 Å². The van der Waals surface area contributed by atoms with Crippen LogP contribution >= 0.6 is 0 Å². The van der Waals surface area contributed by atoms with Crippen molar-refractivity contribution in [2.75, 3.05) is 13.1 Å². The molecular formula is C17H23N3. The highest BCUT2D eigenvalue weighted by atomic mass is 15.1. The molecule has 0 radical (unpaired) electrons. The number of nitrogens with zero attached hydrogens (tertiary/aromatic N) is 2. The van der Waals surface area contributed by atoms with E-state index in [4.69, 9.17) is 0 Å². The van der Waals surface area contributed by atoms with Gasteiger partial charge in [-0.15, -0.1) is 0 Å². The first-order chi connectivity index (χ1) is 9.60. The summed E-state index contributed by atoms with van der Waals surface area (Å²) in [6.45, 7) is 8.85. The van der Waals surface area contributed by atoms with Gasteiger partial charge in [-0.2, -0.15) is 0 Å². The first kappa shape index (κ1) is 13.4. The number of hydrogen-bond donors (Lipinski definition) is 1. The second kappa shape index (κ2) is 5.06. The van der Waals surface area contributed by atoms with Crippen LogP contribution in [-0.2, 0) is 5.41 Å². The van der Waals surface area contributed by atoms with E-state index in [0.29, 0.717) is 6.04 Å². The van der Waals surface area contributed by atoms with E-state index in [0.717, 1.165) is 13.1 Å². The Hall–Kier alpha value is -1.61. The Morgan fingerprint density at radius 3 is 2.70 bits per heavy atom. The molecule has 3 heteroatoms. The minimum atomic E-state index is 0.204. The van der Waals surface area contributed by atoms with Gasteiger partial charge in [0.1, 0.15) is 0 Å². The number of rotatable bonds is 3. The highest BCUT2D eigenvalue weighted by molar-refractivity contribution is 5.27. The lowest BCUT2D eigenvalue weighted by Gasteiger charge is -2.27. The van der Waals surface area contributed by atoms with Crippen molar-refractivity contribution in [3.05, 3.63) is 53.6 Å². The molecule has 3 nitrogen and oxygen atoms in total. The minimum absolute atomic E-state index is 0.204. The highest BCUT2D eigenvalue weighted by Crippen LogP contribution is 2.32. The van der Waals surface area contributed by atoms with Crippen molar-refractivity contribution in [2.24, 2.45) is 0 Å². The first-order valence-corrected chi connectivity index (χ1v) is 7.40. The Labute approximate surface area is 121 Å². The molecule has 2 heterocycles. The summed E-state index contributed by atoms with van der Waals surface area (Å²) in [7, 11) is 0. The molecule has 1 N–H and O–H groups in total. The highest BCUT2D eigenvalue weighted by Gasteiger charge is 2.34. The summed E-state index contributed by atoms with van der Waals surface area (Å²) < 4.78 is 2.33. The van der Waals surface area contributed by atoms with Crippen molar-refractivity contribution in [1.29, 1.82) is 0 Å². The van der Waals surface area contributed by atoms with Gasteiger partial charge in [0, 0.05) is 23.9 Å². The predicted molar refractivity (Wildman–Crippen MR) is 82.1 cm³/mol. The third-order valence-electron chi connectivity index (χ3n) is 4.63. The van der Waals surface area contributed by atoms with Crippen molar-refractivity contribution in [3.8, 4) is 0 Å². The average Bonchev–Trinajstić information content (AvgIpc) is 3.08. The van der Waals surface area contributed by atoms with Crippen molar-refractivity contribution in [1.82, 2.24) is 14.9 Å². The molecule has 0 bridgehead atoms. The molecule has 0 aliphatic carbocycles. The van der Waals surface area contributed by atoms with Crippen LogP contribution in [0.25, 0.3) is 0 Å². The van der Waals surface area contributed by atoms with Crippen molar-refractivity contribution in [3.63, 3.8) is 0 Å². The van der Waals surface area contributed by atoms with Crippen LogP contribution in [0.3, 0.4) is 0 Å². The number of imidazole rings is 1. The summed E-state index contributed by atoms with van der Waals surface area (Å²) in [5, 5.41) is 3.47. The summed E-state index contributed by atoms with van der Waals surface area (Å²) in [5.74, 6) is 0. The fraction of sp³-hybridized carbons (Fsp3) is 0.471. The topological polar surface area (TPSA) is 29.9 Å². The zero-order chi connectivity index (χ0) is 14.2. The van der Waals surface area contributed by atoms with Crippen LogP contribution < -0.4 is 5.32 Å². The predicted octanol–water partition coefficient (Wildman–Crippen LogP) is 3.05. The van der Waals surface area contributed by atoms with Gasteiger partial charge in [0.2, 0.25) is 0 Å². The standard InChI is InChI=1S/C17H23N3/c1-13-4-6-15(7-5-13)14(2)20-12-19-10-16(20)17(3)8-9-18-11-17/h4-7,10,12,14,18H,8-9,11H2,1-3H3. The van der Waals surface area contributed by atoms with E-state index in [9.17, 15) is 0 Å². The van der Waals surface area contributed by atoms with E-state index in [2.05, 4.69) is 59.9 Å². The van der Waals surface area contributed by atoms with Gasteiger partial charge in [-0.3, -0.25) is 0 Å². The lowest BCUT2D eigenvalue weighted by Crippen LogP contribution is -2.29. The molecule has 1 fully saturated rings. The molecule has 1 aromatic carbocycles. The zero-order valence-electron chi connectivity index (χ0n) is 12.6. The van der Waals surface area contributed by atoms with E-state index in [1.807, 2.05) is 12.5 Å². The second-order valence-corrected chi connectivity index (χ2v) is 6.26. The maximum Gasteiger partial charge on any atom is 0.0954 e. The number of hydrogen-bond acceptors (Lipinski definition) is 2. The van der Waals surface area contributed by atoms with Crippen LogP contribution in [-0.4, -0.2) is 22.6 Å². The van der Waals surface area contributed by atoms with Gasteiger partial charge in [-0.25, -0.2) is 4.98 Å². The molecule has 2 unspecified atom stereocenters. The van der Waals surface area contributed by atoms with Gasteiger partial charge in [0.05, 0.1) is 12.4 Å². The van der Waals surface area contributed by atoms with Crippen LogP contribution in [0.1, 0.15) is 43.1 Å². The van der Waals surface area contributed by atoms with E-state index >= 15 is 0 Å². The van der Waals surface area contributed by atoms with Crippen LogP contribution in [0.5, 0.6) is 0 Å². The van der Waals surface area contributed by atoms with Crippen LogP contribution in [0.15, 0.2) is 36.8 Å². The summed E-state index contributed by atoms with van der Waals surface area (Å²) in [4.78, 5) is 4.41. The summed E-state index contributed by atoms with van der Waals surface area (Å²) in [6, 6.07) is 9.13. The Bertz CT molecular complexity index is 577. The maximum atomic E-state index is 4.41. The molecule has 0 amide bonds. The molecule has 20 heavy (non-hydrogen) atoms. The fourth-order valence-electron chi connectivity index (χ4n) is 3.12. The molecule has 1 aliphatic rings. The van der Waals surface area contributed by atoms with E-state index < -0.39 is 0 Å².